The molecule has 20 heavy (non-hydrogen) atoms. The van der Waals surface area contributed by atoms with E-state index >= 15 is 0 Å². The molecule has 0 fully saturated rings. The lowest BCUT2D eigenvalue weighted by molar-refractivity contribution is -0.123. The molecule has 0 heterocycles. The van der Waals surface area contributed by atoms with Crippen molar-refractivity contribution in [2.75, 3.05) is 6.61 Å². The molecule has 4 N–H and O–H groups in total. The largest absolute Gasteiger partial charge is 0.484 e. The normalized spacial score (nSPS) is 12.8. The molecule has 1 atom stereocenters. The number of benzene rings is 1. The van der Waals surface area contributed by atoms with Gasteiger partial charge in [-0.2, -0.15) is 0 Å². The first-order chi connectivity index (χ1) is 9.56. The van der Waals surface area contributed by atoms with Gasteiger partial charge in [0.2, 0.25) is 0 Å². The number of nitrogens with one attached hydrogen (secondary N) is 1. The molecule has 0 saturated heterocycles. The summed E-state index contributed by atoms with van der Waals surface area (Å²) in [7, 11) is 0. The first kappa shape index (κ1) is 16.1. The highest BCUT2D eigenvalue weighted by atomic mass is 35.5. The predicted molar refractivity (Wildman–Crippen MR) is 77.2 cm³/mol. The molecule has 1 aromatic rings. The van der Waals surface area contributed by atoms with Crippen LogP contribution in [-0.2, 0) is 4.79 Å². The van der Waals surface area contributed by atoms with Crippen LogP contribution in [-0.4, -0.2) is 29.6 Å². The summed E-state index contributed by atoms with van der Waals surface area (Å²) >= 11 is 5.81. The van der Waals surface area contributed by atoms with Gasteiger partial charge >= 0.3 is 0 Å². The molecule has 0 aliphatic carbocycles. The molecule has 0 saturated carbocycles. The van der Waals surface area contributed by atoms with Gasteiger partial charge in [0, 0.05) is 5.02 Å². The van der Waals surface area contributed by atoms with E-state index in [1.807, 2.05) is 6.92 Å². The van der Waals surface area contributed by atoms with Crippen molar-refractivity contribution in [3.8, 4) is 5.75 Å². The maximum absolute atomic E-state index is 11.7. The van der Waals surface area contributed by atoms with E-state index in [1.165, 1.54) is 0 Å². The molecule has 0 aliphatic heterocycles. The Morgan fingerprint density at radius 3 is 2.95 bits per heavy atom. The van der Waals surface area contributed by atoms with Crippen LogP contribution in [0.25, 0.3) is 0 Å². The molecule has 6 nitrogen and oxygen atoms in total. The number of nitrogens with two attached hydrogens (primary N) is 1. The van der Waals surface area contributed by atoms with E-state index in [-0.39, 0.29) is 18.3 Å². The van der Waals surface area contributed by atoms with E-state index in [1.54, 1.807) is 24.3 Å². The van der Waals surface area contributed by atoms with Crippen molar-refractivity contribution in [1.82, 2.24) is 5.32 Å². The van der Waals surface area contributed by atoms with E-state index in [4.69, 9.17) is 27.3 Å². The Balaban J connectivity index is 2.49. The van der Waals surface area contributed by atoms with Gasteiger partial charge < -0.3 is 21.0 Å². The number of amides is 1. The Bertz CT molecular complexity index is 480. The number of hydrogen-bond donors (Lipinski definition) is 3. The number of carbonyl (C=O) groups excluding carboxylic acids is 1. The summed E-state index contributed by atoms with van der Waals surface area (Å²) in [6.07, 6.45) is 1.37. The second-order valence-electron chi connectivity index (χ2n) is 4.18. The van der Waals surface area contributed by atoms with Crippen molar-refractivity contribution in [3.63, 3.8) is 0 Å². The number of oxime groups is 1. The fourth-order valence-corrected chi connectivity index (χ4v) is 1.77. The van der Waals surface area contributed by atoms with Crippen LogP contribution >= 0.6 is 11.6 Å². The van der Waals surface area contributed by atoms with Crippen molar-refractivity contribution >= 4 is 23.3 Å². The van der Waals surface area contributed by atoms with Gasteiger partial charge in [0.05, 0.1) is 6.04 Å². The summed E-state index contributed by atoms with van der Waals surface area (Å²) < 4.78 is 5.30. The zero-order chi connectivity index (χ0) is 15.0. The van der Waals surface area contributed by atoms with Crippen molar-refractivity contribution in [2.24, 2.45) is 10.9 Å². The van der Waals surface area contributed by atoms with Crippen LogP contribution < -0.4 is 15.8 Å². The van der Waals surface area contributed by atoms with E-state index in [9.17, 15) is 4.79 Å². The molecule has 0 radical (unpaired) electrons. The third-order valence-electron chi connectivity index (χ3n) is 2.55. The van der Waals surface area contributed by atoms with Crippen molar-refractivity contribution < 1.29 is 14.7 Å². The lowest BCUT2D eigenvalue weighted by Gasteiger charge is -2.16. The minimum Gasteiger partial charge on any atom is -0.484 e. The molecular formula is C13H18ClN3O3. The molecule has 0 bridgehead atoms. The summed E-state index contributed by atoms with van der Waals surface area (Å²) in [5.41, 5.74) is 5.51. The SMILES string of the molecule is CCCC(NC(=O)COc1cccc(Cl)c1)C(N)=NO. The fraction of sp³-hybridized carbons (Fsp3) is 0.385. The Hall–Kier alpha value is -1.95. The highest BCUT2D eigenvalue weighted by molar-refractivity contribution is 6.30. The first-order valence-corrected chi connectivity index (χ1v) is 6.59. The van der Waals surface area contributed by atoms with Crippen LogP contribution in [0.2, 0.25) is 5.02 Å². The number of carbonyl (C=O) groups is 1. The van der Waals surface area contributed by atoms with E-state index < -0.39 is 6.04 Å². The van der Waals surface area contributed by atoms with Gasteiger partial charge in [-0.15, -0.1) is 0 Å². The smallest absolute Gasteiger partial charge is 0.258 e. The van der Waals surface area contributed by atoms with Crippen LogP contribution in [0.15, 0.2) is 29.4 Å². The lowest BCUT2D eigenvalue weighted by atomic mass is 10.1. The van der Waals surface area contributed by atoms with Crippen LogP contribution in [0, 0.1) is 0 Å². The van der Waals surface area contributed by atoms with Crippen LogP contribution in [0.1, 0.15) is 19.8 Å². The van der Waals surface area contributed by atoms with Crippen LogP contribution in [0.5, 0.6) is 5.75 Å². The molecular weight excluding hydrogens is 282 g/mol. The summed E-state index contributed by atoms with van der Waals surface area (Å²) in [6, 6.07) is 6.25. The number of rotatable bonds is 7. The third kappa shape index (κ3) is 5.36. The maximum atomic E-state index is 11.7. The average Bonchev–Trinajstić information content (AvgIpc) is 2.44. The molecule has 110 valence electrons. The minimum atomic E-state index is -0.500. The Morgan fingerprint density at radius 2 is 2.35 bits per heavy atom. The third-order valence-corrected chi connectivity index (χ3v) is 2.79. The monoisotopic (exact) mass is 299 g/mol. The maximum Gasteiger partial charge on any atom is 0.258 e. The molecule has 7 heteroatoms. The van der Waals surface area contributed by atoms with Gasteiger partial charge in [-0.1, -0.05) is 36.2 Å². The number of hydrogen-bond acceptors (Lipinski definition) is 4. The van der Waals surface area contributed by atoms with Gasteiger partial charge in [0.25, 0.3) is 5.91 Å². The number of nitrogens with zero attached hydrogens (tertiary/aromatic N) is 1. The highest BCUT2D eigenvalue weighted by Gasteiger charge is 2.16. The fourth-order valence-electron chi connectivity index (χ4n) is 1.59. The molecule has 1 amide bonds. The molecule has 0 aromatic heterocycles. The second-order valence-corrected chi connectivity index (χ2v) is 4.62. The highest BCUT2D eigenvalue weighted by Crippen LogP contribution is 2.16. The predicted octanol–water partition coefficient (Wildman–Crippen LogP) is 1.75. The topological polar surface area (TPSA) is 96.9 Å². The number of halogens is 1. The van der Waals surface area contributed by atoms with Crippen LogP contribution in [0.3, 0.4) is 0 Å². The molecule has 1 unspecified atom stereocenters. The Morgan fingerprint density at radius 1 is 1.60 bits per heavy atom. The molecule has 0 aliphatic rings. The quantitative estimate of drug-likeness (QED) is 0.309. The van der Waals surface area contributed by atoms with Gasteiger partial charge in [-0.25, -0.2) is 0 Å². The number of ether oxygens (including phenoxy) is 1. The summed E-state index contributed by atoms with van der Waals surface area (Å²) in [6.45, 7) is 1.77. The Labute approximate surface area is 122 Å². The van der Waals surface area contributed by atoms with E-state index in [0.29, 0.717) is 17.2 Å². The van der Waals surface area contributed by atoms with E-state index in [0.717, 1.165) is 6.42 Å². The van der Waals surface area contributed by atoms with Crippen molar-refractivity contribution in [2.45, 2.75) is 25.8 Å². The summed E-state index contributed by atoms with van der Waals surface area (Å²) in [5.74, 6) is 0.126. The van der Waals surface area contributed by atoms with Gasteiger partial charge in [-0.3, -0.25) is 4.79 Å². The summed E-state index contributed by atoms with van der Waals surface area (Å²) in [4.78, 5) is 11.7. The van der Waals surface area contributed by atoms with Crippen LogP contribution in [0.4, 0.5) is 0 Å². The van der Waals surface area contributed by atoms with Gasteiger partial charge in [-0.05, 0) is 24.6 Å². The zero-order valence-corrected chi connectivity index (χ0v) is 11.9. The Kier molecular flexibility index (Phi) is 6.66. The van der Waals surface area contributed by atoms with Gasteiger partial charge in [0.15, 0.2) is 12.4 Å². The van der Waals surface area contributed by atoms with Gasteiger partial charge in [0.1, 0.15) is 5.75 Å². The van der Waals surface area contributed by atoms with Crippen molar-refractivity contribution in [1.29, 1.82) is 0 Å². The minimum absolute atomic E-state index is 0.0250. The van der Waals surface area contributed by atoms with Crippen molar-refractivity contribution in [3.05, 3.63) is 29.3 Å². The average molecular weight is 300 g/mol. The molecule has 1 aromatic carbocycles. The molecule has 1 rings (SSSR count). The molecule has 0 spiro atoms. The second kappa shape index (κ2) is 8.27. The lowest BCUT2D eigenvalue weighted by Crippen LogP contribution is -2.46. The van der Waals surface area contributed by atoms with E-state index in [2.05, 4.69) is 10.5 Å². The number of amidine groups is 1. The zero-order valence-electron chi connectivity index (χ0n) is 11.2. The standard InChI is InChI=1S/C13H18ClN3O3/c1-2-4-11(13(15)17-19)16-12(18)8-20-10-6-3-5-9(14)7-10/h3,5-7,11,19H,2,4,8H2,1H3,(H2,15,17)(H,16,18). The first-order valence-electron chi connectivity index (χ1n) is 6.22. The summed E-state index contributed by atoms with van der Waals surface area (Å²) in [5, 5.41) is 14.7.